The summed E-state index contributed by atoms with van der Waals surface area (Å²) in [5.74, 6) is 0.665. The number of aryl methyl sites for hydroxylation is 1. The van der Waals surface area contributed by atoms with E-state index in [1.54, 1.807) is 11.3 Å². The quantitative estimate of drug-likeness (QED) is 0.819. The van der Waals surface area contributed by atoms with Gasteiger partial charge in [0.2, 0.25) is 6.39 Å². The van der Waals surface area contributed by atoms with Crippen molar-refractivity contribution < 1.29 is 4.52 Å². The topological polar surface area (TPSA) is 63.8 Å². The molecule has 2 aromatic rings. The van der Waals surface area contributed by atoms with E-state index in [4.69, 9.17) is 0 Å². The van der Waals surface area contributed by atoms with Gasteiger partial charge >= 0.3 is 0 Å². The molecule has 6 heteroatoms. The van der Waals surface area contributed by atoms with Gasteiger partial charge in [-0.3, -0.25) is 0 Å². The van der Waals surface area contributed by atoms with Crippen LogP contribution in [-0.2, 0) is 13.1 Å². The van der Waals surface area contributed by atoms with Crippen LogP contribution in [0.5, 0.6) is 0 Å². The molecule has 2 aromatic heterocycles. The molecule has 0 aliphatic heterocycles. The molecule has 0 fully saturated rings. The third-order valence-corrected chi connectivity index (χ3v) is 2.60. The lowest BCUT2D eigenvalue weighted by Gasteiger charge is -1.96. The number of hydrogen-bond donors (Lipinski definition) is 1. The van der Waals surface area contributed by atoms with E-state index in [1.165, 1.54) is 6.39 Å². The van der Waals surface area contributed by atoms with Crippen LogP contribution >= 0.6 is 11.3 Å². The Bertz CT molecular complexity index is 384. The molecule has 0 radical (unpaired) electrons. The van der Waals surface area contributed by atoms with Gasteiger partial charge < -0.3 is 9.84 Å². The second-order valence-electron chi connectivity index (χ2n) is 2.83. The maximum atomic E-state index is 4.61. The van der Waals surface area contributed by atoms with Crippen molar-refractivity contribution in [3.63, 3.8) is 0 Å². The maximum absolute atomic E-state index is 4.61. The van der Waals surface area contributed by atoms with Crippen molar-refractivity contribution in [2.75, 3.05) is 0 Å². The largest absolute Gasteiger partial charge is 0.343 e. The van der Waals surface area contributed by atoms with Crippen LogP contribution in [0, 0.1) is 6.92 Å². The summed E-state index contributed by atoms with van der Waals surface area (Å²) in [7, 11) is 0. The van der Waals surface area contributed by atoms with Crippen LogP contribution in [0.1, 0.15) is 16.5 Å². The van der Waals surface area contributed by atoms with Crippen LogP contribution in [0.25, 0.3) is 0 Å². The first-order valence-electron chi connectivity index (χ1n) is 4.21. The van der Waals surface area contributed by atoms with Crippen LogP contribution in [-0.4, -0.2) is 15.1 Å². The molecule has 0 unspecified atom stereocenters. The summed E-state index contributed by atoms with van der Waals surface area (Å²) in [5.41, 5.74) is 1.06. The van der Waals surface area contributed by atoms with Crippen molar-refractivity contribution in [2.24, 2.45) is 0 Å². The molecule has 0 bridgehead atoms. The predicted octanol–water partition coefficient (Wildman–Crippen LogP) is 1.12. The Morgan fingerprint density at radius 1 is 1.50 bits per heavy atom. The lowest BCUT2D eigenvalue weighted by molar-refractivity contribution is 0.407. The molecule has 0 saturated carbocycles. The van der Waals surface area contributed by atoms with Gasteiger partial charge in [-0.15, -0.1) is 11.3 Å². The Labute approximate surface area is 85.2 Å². The normalized spacial score (nSPS) is 10.6. The molecule has 74 valence electrons. The molecule has 5 nitrogen and oxygen atoms in total. The maximum Gasteiger partial charge on any atom is 0.213 e. The Morgan fingerprint density at radius 3 is 3.07 bits per heavy atom. The SMILES string of the molecule is Cc1csc(CNCc2ncon2)n1. The molecule has 0 aliphatic rings. The van der Waals surface area contributed by atoms with Crippen molar-refractivity contribution >= 4 is 11.3 Å². The first-order chi connectivity index (χ1) is 6.84. The van der Waals surface area contributed by atoms with Crippen LogP contribution in [0.15, 0.2) is 16.3 Å². The van der Waals surface area contributed by atoms with E-state index in [2.05, 4.69) is 25.0 Å². The van der Waals surface area contributed by atoms with E-state index in [-0.39, 0.29) is 0 Å². The highest BCUT2D eigenvalue weighted by molar-refractivity contribution is 7.09. The number of nitrogens with one attached hydrogen (secondary N) is 1. The van der Waals surface area contributed by atoms with Gasteiger partial charge in [-0.1, -0.05) is 5.16 Å². The number of aromatic nitrogens is 3. The van der Waals surface area contributed by atoms with Crippen LogP contribution in [0.3, 0.4) is 0 Å². The standard InChI is InChI=1S/C8H10N4OS/c1-6-4-14-8(11-6)3-9-2-7-10-5-13-12-7/h4-5,9H,2-3H2,1H3. The van der Waals surface area contributed by atoms with Gasteiger partial charge in [0.15, 0.2) is 5.82 Å². The van der Waals surface area contributed by atoms with E-state index in [1.807, 2.05) is 12.3 Å². The molecule has 14 heavy (non-hydrogen) atoms. The number of thiazole rings is 1. The fraction of sp³-hybridized carbons (Fsp3) is 0.375. The molecular formula is C8H10N4OS. The molecule has 0 aliphatic carbocycles. The van der Waals surface area contributed by atoms with Gasteiger partial charge in [0.25, 0.3) is 0 Å². The van der Waals surface area contributed by atoms with E-state index in [9.17, 15) is 0 Å². The van der Waals surface area contributed by atoms with E-state index in [0.29, 0.717) is 12.4 Å². The first-order valence-corrected chi connectivity index (χ1v) is 5.09. The van der Waals surface area contributed by atoms with Gasteiger partial charge in [0, 0.05) is 17.6 Å². The zero-order valence-electron chi connectivity index (χ0n) is 7.73. The Hall–Kier alpha value is -1.27. The van der Waals surface area contributed by atoms with Gasteiger partial charge in [0.1, 0.15) is 5.01 Å². The van der Waals surface area contributed by atoms with Gasteiger partial charge in [-0.05, 0) is 6.92 Å². The van der Waals surface area contributed by atoms with Crippen molar-refractivity contribution in [1.82, 2.24) is 20.4 Å². The third kappa shape index (κ3) is 2.36. The van der Waals surface area contributed by atoms with Crippen molar-refractivity contribution in [3.05, 3.63) is 28.3 Å². The van der Waals surface area contributed by atoms with Crippen molar-refractivity contribution in [1.29, 1.82) is 0 Å². The zero-order valence-corrected chi connectivity index (χ0v) is 8.54. The molecule has 1 N–H and O–H groups in total. The highest BCUT2D eigenvalue weighted by Crippen LogP contribution is 2.07. The zero-order chi connectivity index (χ0) is 9.80. The fourth-order valence-electron chi connectivity index (χ4n) is 1.04. The van der Waals surface area contributed by atoms with Crippen LogP contribution in [0.2, 0.25) is 0 Å². The third-order valence-electron chi connectivity index (χ3n) is 1.63. The molecule has 0 atom stereocenters. The Balaban J connectivity index is 1.78. The summed E-state index contributed by atoms with van der Waals surface area (Å²) < 4.78 is 4.61. The van der Waals surface area contributed by atoms with Gasteiger partial charge in [-0.2, -0.15) is 4.98 Å². The summed E-state index contributed by atoms with van der Waals surface area (Å²) in [6, 6.07) is 0. The summed E-state index contributed by atoms with van der Waals surface area (Å²) in [5, 5.41) is 9.98. The summed E-state index contributed by atoms with van der Waals surface area (Å²) in [6.45, 7) is 3.33. The second kappa shape index (κ2) is 4.30. The average molecular weight is 210 g/mol. The molecule has 0 spiro atoms. The summed E-state index contributed by atoms with van der Waals surface area (Å²) >= 11 is 1.65. The van der Waals surface area contributed by atoms with Crippen molar-refractivity contribution in [2.45, 2.75) is 20.0 Å². The molecule has 0 aromatic carbocycles. The number of nitrogens with zero attached hydrogens (tertiary/aromatic N) is 3. The summed E-state index contributed by atoms with van der Waals surface area (Å²) in [6.07, 6.45) is 1.32. The molecule has 2 heterocycles. The average Bonchev–Trinajstić information content (AvgIpc) is 2.77. The number of rotatable bonds is 4. The van der Waals surface area contributed by atoms with E-state index < -0.39 is 0 Å². The van der Waals surface area contributed by atoms with Crippen LogP contribution in [0.4, 0.5) is 0 Å². The molecule has 0 saturated heterocycles. The minimum absolute atomic E-state index is 0.606. The highest BCUT2D eigenvalue weighted by Gasteiger charge is 2.00. The van der Waals surface area contributed by atoms with Crippen LogP contribution < -0.4 is 5.32 Å². The molecular weight excluding hydrogens is 200 g/mol. The van der Waals surface area contributed by atoms with E-state index in [0.717, 1.165) is 17.2 Å². The smallest absolute Gasteiger partial charge is 0.213 e. The Morgan fingerprint density at radius 2 is 2.43 bits per heavy atom. The Kier molecular flexibility index (Phi) is 2.85. The monoisotopic (exact) mass is 210 g/mol. The minimum Gasteiger partial charge on any atom is -0.343 e. The van der Waals surface area contributed by atoms with Gasteiger partial charge in [-0.25, -0.2) is 4.98 Å². The lowest BCUT2D eigenvalue weighted by atomic mass is 10.5. The fourth-order valence-corrected chi connectivity index (χ4v) is 1.78. The van der Waals surface area contributed by atoms with Gasteiger partial charge in [0.05, 0.1) is 6.54 Å². The first kappa shape index (κ1) is 9.29. The highest BCUT2D eigenvalue weighted by atomic mass is 32.1. The van der Waals surface area contributed by atoms with E-state index >= 15 is 0 Å². The predicted molar refractivity (Wildman–Crippen MR) is 51.7 cm³/mol. The lowest BCUT2D eigenvalue weighted by Crippen LogP contribution is -2.13. The second-order valence-corrected chi connectivity index (χ2v) is 3.78. The van der Waals surface area contributed by atoms with Crippen molar-refractivity contribution in [3.8, 4) is 0 Å². The number of hydrogen-bond acceptors (Lipinski definition) is 6. The molecule has 0 amide bonds. The molecule has 2 rings (SSSR count). The summed E-state index contributed by atoms with van der Waals surface area (Å²) in [4.78, 5) is 8.22. The minimum atomic E-state index is 0.606.